The molecule has 0 aliphatic heterocycles. The summed E-state index contributed by atoms with van der Waals surface area (Å²) in [7, 11) is 0. The van der Waals surface area contributed by atoms with Crippen molar-refractivity contribution in [2.24, 2.45) is 0 Å². The van der Waals surface area contributed by atoms with Gasteiger partial charge in [-0.05, 0) is 54.6 Å². The zero-order chi connectivity index (χ0) is 21.1. The number of nitrogens with one attached hydrogen (secondary N) is 2. The van der Waals surface area contributed by atoms with Crippen molar-refractivity contribution in [1.29, 1.82) is 0 Å². The van der Waals surface area contributed by atoms with Gasteiger partial charge in [-0.25, -0.2) is 14.8 Å². The van der Waals surface area contributed by atoms with Gasteiger partial charge in [0.1, 0.15) is 10.6 Å². The van der Waals surface area contributed by atoms with Gasteiger partial charge in [-0.1, -0.05) is 24.3 Å². The fourth-order valence-corrected chi connectivity index (χ4v) is 4.21. The van der Waals surface area contributed by atoms with E-state index >= 15 is 0 Å². The molecule has 0 saturated heterocycles. The number of hydrogen-bond donors (Lipinski definition) is 3. The molecule has 2 heterocycles. The number of anilines is 2. The molecule has 0 atom stereocenters. The van der Waals surface area contributed by atoms with Crippen molar-refractivity contribution >= 4 is 39.0 Å². The van der Waals surface area contributed by atoms with Gasteiger partial charge in [0, 0.05) is 24.3 Å². The lowest BCUT2D eigenvalue weighted by molar-refractivity contribution is 0.0697. The van der Waals surface area contributed by atoms with Gasteiger partial charge in [0.15, 0.2) is 5.82 Å². The Morgan fingerprint density at radius 1 is 1.10 bits per heavy atom. The molecule has 0 aliphatic carbocycles. The first-order valence-electron chi connectivity index (χ1n) is 9.71. The zero-order valence-electron chi connectivity index (χ0n) is 16.8. The van der Waals surface area contributed by atoms with Crippen molar-refractivity contribution in [3.8, 4) is 11.4 Å². The molecule has 0 fully saturated rings. The lowest BCUT2D eigenvalue weighted by Crippen LogP contribution is -2.05. The summed E-state index contributed by atoms with van der Waals surface area (Å²) >= 11 is 1.58. The van der Waals surface area contributed by atoms with Crippen LogP contribution in [0.3, 0.4) is 0 Å². The summed E-state index contributed by atoms with van der Waals surface area (Å²) in [6.45, 7) is 5.65. The molecule has 4 aromatic rings. The third-order valence-electron chi connectivity index (χ3n) is 4.78. The molecule has 0 amide bonds. The number of fused-ring (bicyclic) bond motifs is 1. The number of benzene rings is 2. The summed E-state index contributed by atoms with van der Waals surface area (Å²) in [5.74, 6) is 0.407. The van der Waals surface area contributed by atoms with Gasteiger partial charge >= 0.3 is 5.97 Å². The molecule has 0 aliphatic rings. The minimum atomic E-state index is -0.950. The highest BCUT2D eigenvalue weighted by atomic mass is 32.1. The number of nitrogens with zero attached hydrogens (tertiary/aromatic N) is 2. The quantitative estimate of drug-likeness (QED) is 0.372. The van der Waals surface area contributed by atoms with Crippen LogP contribution in [0.25, 0.3) is 21.6 Å². The van der Waals surface area contributed by atoms with Crippen molar-refractivity contribution < 1.29 is 9.90 Å². The number of aromatic carboxylic acids is 1. The first-order chi connectivity index (χ1) is 14.5. The third-order valence-corrected chi connectivity index (χ3v) is 5.77. The molecule has 30 heavy (non-hydrogen) atoms. The van der Waals surface area contributed by atoms with E-state index in [-0.39, 0.29) is 5.56 Å². The predicted molar refractivity (Wildman–Crippen MR) is 122 cm³/mol. The molecular formula is C23H22N4O2S. The Morgan fingerprint density at radius 3 is 2.63 bits per heavy atom. The molecule has 6 nitrogen and oxygen atoms in total. The fraction of sp³-hybridized carbons (Fsp3) is 0.174. The van der Waals surface area contributed by atoms with Crippen LogP contribution in [-0.4, -0.2) is 27.6 Å². The highest BCUT2D eigenvalue weighted by Crippen LogP contribution is 2.32. The average molecular weight is 419 g/mol. The number of hydrogen-bond acceptors (Lipinski definition) is 6. The van der Waals surface area contributed by atoms with Crippen LogP contribution in [0, 0.1) is 6.92 Å². The molecule has 7 heteroatoms. The van der Waals surface area contributed by atoms with Crippen LogP contribution in [0.2, 0.25) is 0 Å². The average Bonchev–Trinajstić information content (AvgIpc) is 3.13. The van der Waals surface area contributed by atoms with Crippen molar-refractivity contribution in [2.75, 3.05) is 17.2 Å². The van der Waals surface area contributed by atoms with Crippen LogP contribution < -0.4 is 10.6 Å². The largest absolute Gasteiger partial charge is 0.478 e. The summed E-state index contributed by atoms with van der Waals surface area (Å²) in [6.07, 6.45) is 0. The topological polar surface area (TPSA) is 87.1 Å². The van der Waals surface area contributed by atoms with E-state index in [0.717, 1.165) is 45.0 Å². The molecule has 4 rings (SSSR count). The predicted octanol–water partition coefficient (Wildman–Crippen LogP) is 5.41. The smallest absolute Gasteiger partial charge is 0.335 e. The lowest BCUT2D eigenvalue weighted by atomic mass is 10.1. The summed E-state index contributed by atoms with van der Waals surface area (Å²) < 4.78 is 0. The van der Waals surface area contributed by atoms with E-state index in [2.05, 4.69) is 48.1 Å². The molecule has 0 radical (unpaired) electrons. The van der Waals surface area contributed by atoms with Gasteiger partial charge in [-0.2, -0.15) is 0 Å². The fourth-order valence-electron chi connectivity index (χ4n) is 3.28. The van der Waals surface area contributed by atoms with Crippen LogP contribution in [0.15, 0.2) is 53.9 Å². The number of aromatic nitrogens is 2. The van der Waals surface area contributed by atoms with Crippen molar-refractivity contribution in [1.82, 2.24) is 9.97 Å². The monoisotopic (exact) mass is 418 g/mol. The highest BCUT2D eigenvalue weighted by molar-refractivity contribution is 7.17. The molecule has 0 unspecified atom stereocenters. The van der Waals surface area contributed by atoms with Gasteiger partial charge in [0.05, 0.1) is 10.9 Å². The van der Waals surface area contributed by atoms with E-state index in [1.54, 1.807) is 35.6 Å². The highest BCUT2D eigenvalue weighted by Gasteiger charge is 2.14. The van der Waals surface area contributed by atoms with Gasteiger partial charge in [0.25, 0.3) is 0 Å². The van der Waals surface area contributed by atoms with Crippen molar-refractivity contribution in [3.63, 3.8) is 0 Å². The molecule has 152 valence electrons. The molecule has 3 N–H and O–H groups in total. The van der Waals surface area contributed by atoms with E-state index in [0.29, 0.717) is 12.4 Å². The maximum atomic E-state index is 11.1. The minimum Gasteiger partial charge on any atom is -0.478 e. The number of aryl methyl sites for hydroxylation is 1. The molecule has 0 bridgehead atoms. The Morgan fingerprint density at radius 2 is 1.90 bits per heavy atom. The molecule has 0 saturated carbocycles. The summed E-state index contributed by atoms with van der Waals surface area (Å²) in [5.41, 5.74) is 4.40. The van der Waals surface area contributed by atoms with E-state index in [1.807, 2.05) is 6.07 Å². The van der Waals surface area contributed by atoms with Crippen molar-refractivity contribution in [3.05, 3.63) is 70.6 Å². The second kappa shape index (κ2) is 8.51. The summed E-state index contributed by atoms with van der Waals surface area (Å²) in [4.78, 5) is 21.5. The standard InChI is InChI=1S/C23H22N4O2S/c1-3-24-18-6-4-5-15(11-18)12-25-21-19-14(2)13-30-22(19)27-20(26-21)16-7-9-17(10-8-16)23(28)29/h4-11,13,24H,3,12H2,1-2H3,(H,28,29)(H,25,26,27). The molecule has 2 aromatic heterocycles. The Kier molecular flexibility index (Phi) is 5.63. The van der Waals surface area contributed by atoms with E-state index < -0.39 is 5.97 Å². The number of carbonyl (C=O) groups is 1. The number of rotatable bonds is 7. The van der Waals surface area contributed by atoms with Gasteiger partial charge in [-0.3, -0.25) is 0 Å². The zero-order valence-corrected chi connectivity index (χ0v) is 17.6. The van der Waals surface area contributed by atoms with Gasteiger partial charge < -0.3 is 15.7 Å². The summed E-state index contributed by atoms with van der Waals surface area (Å²) in [5, 5.41) is 19.0. The number of thiophene rings is 1. The Hall–Kier alpha value is -3.45. The second-order valence-corrected chi connectivity index (χ2v) is 7.82. The van der Waals surface area contributed by atoms with E-state index in [9.17, 15) is 4.79 Å². The first-order valence-corrected chi connectivity index (χ1v) is 10.6. The number of carboxylic acids is 1. The summed E-state index contributed by atoms with van der Waals surface area (Å²) in [6, 6.07) is 14.9. The third kappa shape index (κ3) is 4.11. The maximum Gasteiger partial charge on any atom is 0.335 e. The van der Waals surface area contributed by atoms with Crippen molar-refractivity contribution in [2.45, 2.75) is 20.4 Å². The number of carboxylic acid groups (broad SMARTS) is 1. The minimum absolute atomic E-state index is 0.241. The Bertz CT molecular complexity index is 1200. The molecule has 0 spiro atoms. The van der Waals surface area contributed by atoms with Gasteiger partial charge in [-0.15, -0.1) is 11.3 Å². The Balaban J connectivity index is 1.67. The Labute approximate surface area is 178 Å². The van der Waals surface area contributed by atoms with Crippen LogP contribution in [0.1, 0.15) is 28.4 Å². The maximum absolute atomic E-state index is 11.1. The van der Waals surface area contributed by atoms with Crippen LogP contribution in [-0.2, 0) is 6.54 Å². The molecule has 2 aromatic carbocycles. The normalized spacial score (nSPS) is 10.9. The molecular weight excluding hydrogens is 396 g/mol. The van der Waals surface area contributed by atoms with Gasteiger partial charge in [0.2, 0.25) is 0 Å². The van der Waals surface area contributed by atoms with E-state index in [4.69, 9.17) is 15.1 Å². The lowest BCUT2D eigenvalue weighted by Gasteiger charge is -2.11. The second-order valence-electron chi connectivity index (χ2n) is 6.96. The first kappa shape index (κ1) is 19.8. The van der Waals surface area contributed by atoms with E-state index in [1.165, 1.54) is 0 Å². The van der Waals surface area contributed by atoms with Crippen LogP contribution in [0.5, 0.6) is 0 Å². The van der Waals surface area contributed by atoms with Crippen LogP contribution >= 0.6 is 11.3 Å². The van der Waals surface area contributed by atoms with Crippen LogP contribution in [0.4, 0.5) is 11.5 Å². The SMILES string of the molecule is CCNc1cccc(CNc2nc(-c3ccc(C(=O)O)cc3)nc3scc(C)c23)c1.